The summed E-state index contributed by atoms with van der Waals surface area (Å²) in [4.78, 5) is 11.5. The molecule has 4 nitrogen and oxygen atoms in total. The molecule has 0 amide bonds. The van der Waals surface area contributed by atoms with E-state index in [9.17, 15) is 4.79 Å². The van der Waals surface area contributed by atoms with Crippen molar-refractivity contribution >= 4 is 11.7 Å². The van der Waals surface area contributed by atoms with E-state index in [0.717, 1.165) is 24.2 Å². The summed E-state index contributed by atoms with van der Waals surface area (Å²) in [7, 11) is 3.10. The van der Waals surface area contributed by atoms with Crippen LogP contribution >= 0.6 is 0 Å². The number of anilines is 1. The topological polar surface area (TPSA) is 47.6 Å². The van der Waals surface area contributed by atoms with Gasteiger partial charge in [-0.15, -0.1) is 0 Å². The minimum atomic E-state index is -0.319. The number of ether oxygens (including phenoxy) is 2. The SMILES string of the molecule is COC(=O)c1ccc(C)c(NCCC(C)(C)OC)c1. The molecule has 0 aliphatic carbocycles. The van der Waals surface area contributed by atoms with E-state index in [2.05, 4.69) is 5.32 Å². The van der Waals surface area contributed by atoms with Crippen molar-refractivity contribution in [3.8, 4) is 0 Å². The first-order valence-electron chi connectivity index (χ1n) is 6.37. The molecule has 0 aliphatic rings. The average molecular weight is 265 g/mol. The monoisotopic (exact) mass is 265 g/mol. The number of esters is 1. The Labute approximate surface area is 115 Å². The number of methoxy groups -OCH3 is 2. The molecule has 1 rings (SSSR count). The molecule has 0 radical (unpaired) electrons. The van der Waals surface area contributed by atoms with Gasteiger partial charge in [0, 0.05) is 19.3 Å². The van der Waals surface area contributed by atoms with Crippen molar-refractivity contribution in [1.82, 2.24) is 0 Å². The molecule has 0 bridgehead atoms. The summed E-state index contributed by atoms with van der Waals surface area (Å²) in [6, 6.07) is 5.50. The van der Waals surface area contributed by atoms with Gasteiger partial charge >= 0.3 is 5.97 Å². The molecule has 0 fully saturated rings. The maximum absolute atomic E-state index is 11.5. The minimum absolute atomic E-state index is 0.152. The molecule has 19 heavy (non-hydrogen) atoms. The third-order valence-electron chi connectivity index (χ3n) is 3.25. The van der Waals surface area contributed by atoms with Gasteiger partial charge in [-0.1, -0.05) is 6.07 Å². The zero-order valence-electron chi connectivity index (χ0n) is 12.4. The maximum Gasteiger partial charge on any atom is 0.337 e. The fraction of sp³-hybridized carbons (Fsp3) is 0.533. The van der Waals surface area contributed by atoms with Crippen molar-refractivity contribution in [2.45, 2.75) is 32.8 Å². The lowest BCUT2D eigenvalue weighted by Gasteiger charge is -2.23. The largest absolute Gasteiger partial charge is 0.465 e. The molecule has 1 aromatic carbocycles. The second kappa shape index (κ2) is 6.57. The Kier molecular flexibility index (Phi) is 5.36. The van der Waals surface area contributed by atoms with Gasteiger partial charge in [0.1, 0.15) is 0 Å². The fourth-order valence-electron chi connectivity index (χ4n) is 1.66. The Morgan fingerprint density at radius 1 is 1.32 bits per heavy atom. The van der Waals surface area contributed by atoms with Crippen LogP contribution in [0.5, 0.6) is 0 Å². The highest BCUT2D eigenvalue weighted by Gasteiger charge is 2.15. The van der Waals surface area contributed by atoms with Crippen LogP contribution in [0.2, 0.25) is 0 Å². The lowest BCUT2D eigenvalue weighted by Crippen LogP contribution is -2.25. The quantitative estimate of drug-likeness (QED) is 0.803. The summed E-state index contributed by atoms with van der Waals surface area (Å²) < 4.78 is 10.1. The van der Waals surface area contributed by atoms with Crippen LogP contribution in [0.1, 0.15) is 36.2 Å². The number of hydrogen-bond donors (Lipinski definition) is 1. The highest BCUT2D eigenvalue weighted by atomic mass is 16.5. The predicted molar refractivity (Wildman–Crippen MR) is 76.7 cm³/mol. The summed E-state index contributed by atoms with van der Waals surface area (Å²) in [6.07, 6.45) is 0.880. The lowest BCUT2D eigenvalue weighted by molar-refractivity contribution is 0.0185. The molecule has 4 heteroatoms. The summed E-state index contributed by atoms with van der Waals surface area (Å²) in [5, 5.41) is 3.33. The summed E-state index contributed by atoms with van der Waals surface area (Å²) in [5.74, 6) is -0.319. The summed E-state index contributed by atoms with van der Waals surface area (Å²) >= 11 is 0. The van der Waals surface area contributed by atoms with Crippen LogP contribution in [0.15, 0.2) is 18.2 Å². The highest BCUT2D eigenvalue weighted by molar-refractivity contribution is 5.90. The van der Waals surface area contributed by atoms with Crippen LogP contribution in [-0.2, 0) is 9.47 Å². The number of carbonyl (C=O) groups excluding carboxylic acids is 1. The van der Waals surface area contributed by atoms with Gasteiger partial charge in [-0.25, -0.2) is 4.79 Å². The van der Waals surface area contributed by atoms with E-state index in [-0.39, 0.29) is 11.6 Å². The van der Waals surface area contributed by atoms with Crippen LogP contribution < -0.4 is 5.32 Å². The van der Waals surface area contributed by atoms with E-state index in [1.54, 1.807) is 13.2 Å². The van der Waals surface area contributed by atoms with E-state index in [0.29, 0.717) is 5.56 Å². The van der Waals surface area contributed by atoms with E-state index in [1.807, 2.05) is 32.9 Å². The summed E-state index contributed by atoms with van der Waals surface area (Å²) in [6.45, 7) is 6.88. The van der Waals surface area contributed by atoms with Crippen molar-refractivity contribution in [2.75, 3.05) is 26.1 Å². The average Bonchev–Trinajstić information content (AvgIpc) is 2.40. The Balaban J connectivity index is 2.70. The van der Waals surface area contributed by atoms with E-state index in [4.69, 9.17) is 9.47 Å². The lowest BCUT2D eigenvalue weighted by atomic mass is 10.0. The van der Waals surface area contributed by atoms with Crippen molar-refractivity contribution in [1.29, 1.82) is 0 Å². The molecule has 0 aliphatic heterocycles. The maximum atomic E-state index is 11.5. The van der Waals surface area contributed by atoms with Crippen molar-refractivity contribution in [2.24, 2.45) is 0 Å². The fourth-order valence-corrected chi connectivity index (χ4v) is 1.66. The van der Waals surface area contributed by atoms with Crippen molar-refractivity contribution in [3.05, 3.63) is 29.3 Å². The number of aryl methyl sites for hydroxylation is 1. The molecule has 0 spiro atoms. The van der Waals surface area contributed by atoms with Crippen LogP contribution in [0.4, 0.5) is 5.69 Å². The van der Waals surface area contributed by atoms with Crippen LogP contribution in [0.3, 0.4) is 0 Å². The molecular weight excluding hydrogens is 242 g/mol. The minimum Gasteiger partial charge on any atom is -0.465 e. The third-order valence-corrected chi connectivity index (χ3v) is 3.25. The molecule has 0 saturated heterocycles. The van der Waals surface area contributed by atoms with Gasteiger partial charge in [-0.3, -0.25) is 0 Å². The van der Waals surface area contributed by atoms with Crippen LogP contribution in [-0.4, -0.2) is 32.3 Å². The number of carbonyl (C=O) groups is 1. The first-order valence-corrected chi connectivity index (χ1v) is 6.37. The Bertz CT molecular complexity index is 441. The van der Waals surface area contributed by atoms with Gasteiger partial charge in [-0.2, -0.15) is 0 Å². The predicted octanol–water partition coefficient (Wildman–Crippen LogP) is 3.01. The number of nitrogens with one attached hydrogen (secondary N) is 1. The molecule has 0 atom stereocenters. The van der Waals surface area contributed by atoms with Crippen LogP contribution in [0, 0.1) is 6.92 Å². The first-order chi connectivity index (χ1) is 8.89. The number of hydrogen-bond acceptors (Lipinski definition) is 4. The zero-order chi connectivity index (χ0) is 14.5. The first kappa shape index (κ1) is 15.5. The van der Waals surface area contributed by atoms with Crippen LogP contribution in [0.25, 0.3) is 0 Å². The zero-order valence-corrected chi connectivity index (χ0v) is 12.4. The van der Waals surface area contributed by atoms with Gasteiger partial charge in [0.15, 0.2) is 0 Å². The van der Waals surface area contributed by atoms with E-state index < -0.39 is 0 Å². The molecule has 0 heterocycles. The Hall–Kier alpha value is -1.55. The number of benzene rings is 1. The van der Waals surface area contributed by atoms with Crippen molar-refractivity contribution < 1.29 is 14.3 Å². The second-order valence-electron chi connectivity index (χ2n) is 5.16. The van der Waals surface area contributed by atoms with Gasteiger partial charge in [0.05, 0.1) is 18.3 Å². The molecule has 0 saturated carbocycles. The smallest absolute Gasteiger partial charge is 0.337 e. The molecule has 1 aromatic rings. The van der Waals surface area contributed by atoms with Gasteiger partial charge in [-0.05, 0) is 44.9 Å². The molecule has 106 valence electrons. The van der Waals surface area contributed by atoms with Crippen molar-refractivity contribution in [3.63, 3.8) is 0 Å². The number of rotatable bonds is 6. The molecule has 0 unspecified atom stereocenters. The Morgan fingerprint density at radius 2 is 2.00 bits per heavy atom. The highest BCUT2D eigenvalue weighted by Crippen LogP contribution is 2.19. The Morgan fingerprint density at radius 3 is 2.58 bits per heavy atom. The normalized spacial score (nSPS) is 11.2. The van der Waals surface area contributed by atoms with E-state index >= 15 is 0 Å². The third kappa shape index (κ3) is 4.56. The second-order valence-corrected chi connectivity index (χ2v) is 5.16. The van der Waals surface area contributed by atoms with Gasteiger partial charge in [0.2, 0.25) is 0 Å². The summed E-state index contributed by atoms with van der Waals surface area (Å²) in [5.41, 5.74) is 2.46. The molecular formula is C15H23NO3. The molecule has 1 N–H and O–H groups in total. The van der Waals surface area contributed by atoms with E-state index in [1.165, 1.54) is 7.11 Å². The standard InChI is InChI=1S/C15H23NO3/c1-11-6-7-12(14(17)18-4)10-13(11)16-9-8-15(2,3)19-5/h6-7,10,16H,8-9H2,1-5H3. The van der Waals surface area contributed by atoms with Gasteiger partial charge < -0.3 is 14.8 Å². The van der Waals surface area contributed by atoms with Gasteiger partial charge in [0.25, 0.3) is 0 Å². The molecule has 0 aromatic heterocycles.